The van der Waals surface area contributed by atoms with Crippen LogP contribution >= 0.6 is 0 Å². The van der Waals surface area contributed by atoms with E-state index in [0.717, 1.165) is 9.80 Å². The Kier molecular flexibility index (Phi) is 34.3. The lowest BCUT2D eigenvalue weighted by atomic mass is 9.91. The average Bonchev–Trinajstić information content (AvgIpc) is 2.46. The molecule has 0 radical (unpaired) electrons. The molecular weight excluding hydrogens is 1140 g/mol. The number of hydrogen-bond donors (Lipinski definition) is 6. The molecule has 12 atom stereocenters. The first-order valence-corrected chi connectivity index (χ1v) is 31.9. The molecule has 1 saturated heterocycles. The molecule has 0 saturated carbocycles. The van der Waals surface area contributed by atoms with E-state index in [-0.39, 0.29) is 75.5 Å². The van der Waals surface area contributed by atoms with Crippen molar-refractivity contribution in [3.05, 3.63) is 12.2 Å². The first-order valence-electron chi connectivity index (χ1n) is 31.9. The fourth-order valence-electron chi connectivity index (χ4n) is 11.0. The van der Waals surface area contributed by atoms with E-state index in [9.17, 15) is 43.5 Å². The molecule has 0 unspecified atom stereocenters. The Balaban J connectivity index is 4.44. The smallest absolute Gasteiger partial charge is 0.247 e. The minimum absolute atomic E-state index is 0.000753. The highest BCUT2D eigenvalue weighted by Gasteiger charge is 2.46. The molecule has 510 valence electrons. The maximum atomic E-state index is 15.2. The minimum atomic E-state index is -1.63. The number of carbonyl (C=O) groups is 11. The Morgan fingerprint density at radius 3 is 1.42 bits per heavy atom. The van der Waals surface area contributed by atoms with Crippen LogP contribution in [0.2, 0.25) is 0 Å². The van der Waals surface area contributed by atoms with E-state index in [4.69, 9.17) is 10.5 Å². The lowest BCUT2D eigenvalue weighted by Gasteiger charge is -2.41. The maximum Gasteiger partial charge on any atom is 0.247 e. The summed E-state index contributed by atoms with van der Waals surface area (Å²) in [5.41, 5.74) is 5.76. The van der Waals surface area contributed by atoms with Crippen LogP contribution in [-0.2, 0) is 57.5 Å². The van der Waals surface area contributed by atoms with Gasteiger partial charge in [0, 0.05) is 55.9 Å². The van der Waals surface area contributed by atoms with Crippen molar-refractivity contribution in [2.45, 2.75) is 216 Å². The highest BCUT2D eigenvalue weighted by atomic mass is 16.5. The van der Waals surface area contributed by atoms with Gasteiger partial charge in [-0.1, -0.05) is 109 Å². The summed E-state index contributed by atoms with van der Waals surface area (Å²) < 4.78 is 5.74. The van der Waals surface area contributed by atoms with Gasteiger partial charge >= 0.3 is 0 Å². The van der Waals surface area contributed by atoms with Gasteiger partial charge in [-0.15, -0.1) is 0 Å². The first-order chi connectivity index (χ1) is 41.2. The largest absolute Gasteiger partial charge is 0.390 e. The summed E-state index contributed by atoms with van der Waals surface area (Å²) in [6.07, 6.45) is 2.88. The zero-order valence-electron chi connectivity index (χ0n) is 58.2. The Hall–Kier alpha value is -6.21. The predicted molar refractivity (Wildman–Crippen MR) is 343 cm³/mol. The zero-order valence-corrected chi connectivity index (χ0v) is 58.2. The van der Waals surface area contributed by atoms with Crippen LogP contribution in [0, 0.1) is 41.4 Å². The highest BCUT2D eigenvalue weighted by molar-refractivity contribution is 5.99. The van der Waals surface area contributed by atoms with Gasteiger partial charge in [0.2, 0.25) is 65.0 Å². The topological polar surface area (TPSA) is 314 Å². The van der Waals surface area contributed by atoms with Crippen molar-refractivity contribution >= 4 is 65.0 Å². The van der Waals surface area contributed by atoms with E-state index < -0.39 is 156 Å². The molecular formula is C64H116N12O13. The van der Waals surface area contributed by atoms with Crippen LogP contribution in [0.3, 0.4) is 0 Å². The van der Waals surface area contributed by atoms with Crippen LogP contribution in [0.1, 0.15) is 149 Å². The molecule has 0 aromatic heterocycles. The van der Waals surface area contributed by atoms with E-state index in [2.05, 4.69) is 21.3 Å². The summed E-state index contributed by atoms with van der Waals surface area (Å²) in [7, 11) is 9.84. The Morgan fingerprint density at radius 1 is 0.517 bits per heavy atom. The number of allylic oxidation sites excluding steroid dienone is 2. The molecule has 1 aliphatic rings. The monoisotopic (exact) mass is 1260 g/mol. The van der Waals surface area contributed by atoms with Crippen LogP contribution in [0.15, 0.2) is 12.2 Å². The first kappa shape index (κ1) is 80.8. The third-order valence-electron chi connectivity index (χ3n) is 16.5. The molecule has 0 bridgehead atoms. The van der Waals surface area contributed by atoms with Crippen LogP contribution in [-0.4, -0.2) is 247 Å². The van der Waals surface area contributed by atoms with E-state index >= 15 is 14.4 Å². The zero-order chi connectivity index (χ0) is 68.8. The number of nitrogens with one attached hydrogen (secondary N) is 4. The van der Waals surface area contributed by atoms with Crippen LogP contribution in [0.5, 0.6) is 0 Å². The lowest BCUT2D eigenvalue weighted by Crippen LogP contribution is -2.63. The number of nitrogens with two attached hydrogens (primary N) is 1. The molecule has 0 aliphatic carbocycles. The molecule has 0 aromatic carbocycles. The molecule has 1 aliphatic heterocycles. The number of carbonyl (C=O) groups excluding carboxylic acids is 11. The van der Waals surface area contributed by atoms with Gasteiger partial charge in [-0.05, 0) is 93.8 Å². The quantitative estimate of drug-likeness (QED) is 0.0799. The van der Waals surface area contributed by atoms with Gasteiger partial charge in [0.05, 0.1) is 25.9 Å². The molecule has 11 amide bonds. The number of amides is 11. The normalized spacial score (nSPS) is 26.2. The van der Waals surface area contributed by atoms with Crippen molar-refractivity contribution < 1.29 is 62.6 Å². The van der Waals surface area contributed by atoms with E-state index in [0.29, 0.717) is 6.42 Å². The summed E-state index contributed by atoms with van der Waals surface area (Å²) >= 11 is 0. The molecule has 0 aromatic rings. The number of ether oxygens (including phenoxy) is 1. The molecule has 7 N–H and O–H groups in total. The number of aliphatic hydroxyl groups is 1. The van der Waals surface area contributed by atoms with Crippen molar-refractivity contribution in [1.29, 1.82) is 0 Å². The predicted octanol–water partition coefficient (Wildman–Crippen LogP) is 2.22. The van der Waals surface area contributed by atoms with E-state index in [1.54, 1.807) is 60.6 Å². The molecule has 1 rings (SSSR count). The average molecular weight is 1260 g/mol. The standard InChI is InChI=1S/C64H116N12O13/c1-24-26-27-42(15)54(78)53-58(82)67-44(25-2)59(83)70(17)34-50(77)71(18)46(30-36(3)4)57(81)69-51(40(11)12)63(87)72(19)47(31-37(5)6)56(80)66-43(16)55(79)68-45(35-89-29-28-65)60(84)73(20)48(32-38(7)8)61(85)74(21)49(33-39(9)10)62(86)75(22)52(41(13)14)64(88)76(53)23/h24,26,36-49,51-54,78H,25,27-35,65H2,1-23H3,(H,66,80)(H,67,82)(H,68,79)(H,69,81)/b26-24+/t42-,43+,44+,45-,46+,47+,48+,49+,51+,52+,53+,54-/m1/s1. The molecule has 1 heterocycles. The number of hydrogen-bond acceptors (Lipinski definition) is 14. The molecule has 25 nitrogen and oxygen atoms in total. The fourth-order valence-corrected chi connectivity index (χ4v) is 11.0. The van der Waals surface area contributed by atoms with Crippen molar-refractivity contribution in [3.63, 3.8) is 0 Å². The van der Waals surface area contributed by atoms with Gasteiger partial charge in [0.1, 0.15) is 60.4 Å². The number of nitrogens with zero attached hydrogens (tertiary/aromatic N) is 7. The third-order valence-corrected chi connectivity index (χ3v) is 16.5. The third kappa shape index (κ3) is 23.5. The summed E-state index contributed by atoms with van der Waals surface area (Å²) in [5, 5.41) is 23.1. The van der Waals surface area contributed by atoms with Gasteiger partial charge in [-0.25, -0.2) is 0 Å². The van der Waals surface area contributed by atoms with Crippen molar-refractivity contribution in [1.82, 2.24) is 55.6 Å². The second-order valence-corrected chi connectivity index (χ2v) is 26.8. The minimum Gasteiger partial charge on any atom is -0.390 e. The summed E-state index contributed by atoms with van der Waals surface area (Å²) in [4.78, 5) is 170. The fraction of sp³-hybridized carbons (Fsp3) is 0.797. The van der Waals surface area contributed by atoms with Gasteiger partial charge in [0.15, 0.2) is 0 Å². The molecule has 25 heteroatoms. The second kappa shape index (κ2) is 37.8. The van der Waals surface area contributed by atoms with Crippen LogP contribution < -0.4 is 27.0 Å². The van der Waals surface area contributed by atoms with Gasteiger partial charge in [-0.2, -0.15) is 0 Å². The van der Waals surface area contributed by atoms with Gasteiger partial charge in [0.25, 0.3) is 0 Å². The Morgan fingerprint density at radius 2 is 0.955 bits per heavy atom. The summed E-state index contributed by atoms with van der Waals surface area (Å²) in [5.74, 6) is -10.2. The number of aliphatic hydroxyl groups excluding tert-OH is 1. The lowest BCUT2D eigenvalue weighted by molar-refractivity contribution is -0.157. The van der Waals surface area contributed by atoms with E-state index in [1.165, 1.54) is 80.8 Å². The van der Waals surface area contributed by atoms with Gasteiger partial charge < -0.3 is 71.1 Å². The maximum absolute atomic E-state index is 15.2. The molecule has 89 heavy (non-hydrogen) atoms. The number of rotatable bonds is 19. The van der Waals surface area contributed by atoms with Crippen molar-refractivity contribution in [3.8, 4) is 0 Å². The van der Waals surface area contributed by atoms with Gasteiger partial charge in [-0.3, -0.25) is 52.7 Å². The van der Waals surface area contributed by atoms with Crippen molar-refractivity contribution in [2.24, 2.45) is 47.2 Å². The van der Waals surface area contributed by atoms with E-state index in [1.807, 2.05) is 55.4 Å². The van der Waals surface area contributed by atoms with Crippen LogP contribution in [0.4, 0.5) is 0 Å². The number of likely N-dealkylation sites (N-methyl/N-ethyl adjacent to an activating group) is 7. The SMILES string of the molecule is C/C=C/C[C@@H](C)[C@@H](O)[C@H]1C(=O)N[C@@H](CC)C(=O)N(C)CC(=O)N(C)[C@@H](CC(C)C)C(=O)N[C@@H](C(C)C)C(=O)N(C)[C@@H](CC(C)C)C(=O)N[C@@H](C)C(=O)N[C@H](COCCN)C(=O)N(C)[C@@H](CC(C)C)C(=O)N(C)[C@@H](CC(C)C)C(=O)N(C)[C@@H](C(C)C)C(=O)N1C. The highest BCUT2D eigenvalue weighted by Crippen LogP contribution is 2.26. The Bertz CT molecular complexity index is 2400. The Labute approximate surface area is 532 Å². The van der Waals surface area contributed by atoms with Crippen LogP contribution in [0.25, 0.3) is 0 Å². The van der Waals surface area contributed by atoms with Crippen molar-refractivity contribution in [2.75, 3.05) is 75.6 Å². The molecule has 1 fully saturated rings. The summed E-state index contributed by atoms with van der Waals surface area (Å²) in [6.45, 7) is 27.4. The molecule has 0 spiro atoms. The summed E-state index contributed by atoms with van der Waals surface area (Å²) in [6, 6.07) is -12.9. The second-order valence-electron chi connectivity index (χ2n) is 26.8.